The molecule has 0 aliphatic carbocycles. The normalized spacial score (nSPS) is 24.1. The van der Waals surface area contributed by atoms with E-state index in [2.05, 4.69) is 31.0 Å². The molecule has 0 saturated carbocycles. The van der Waals surface area contributed by atoms with Crippen molar-refractivity contribution in [2.24, 2.45) is 5.92 Å². The van der Waals surface area contributed by atoms with E-state index in [0.29, 0.717) is 0 Å². The molecule has 0 spiro atoms. The zero-order valence-corrected chi connectivity index (χ0v) is 8.42. The van der Waals surface area contributed by atoms with E-state index in [4.69, 9.17) is 0 Å². The Morgan fingerprint density at radius 1 is 1.62 bits per heavy atom. The van der Waals surface area contributed by atoms with Crippen LogP contribution in [0.4, 0.5) is 0 Å². The van der Waals surface area contributed by atoms with Crippen LogP contribution in [0, 0.1) is 5.92 Å². The van der Waals surface area contributed by atoms with E-state index in [0.717, 1.165) is 5.92 Å². The molecule has 1 fully saturated rings. The Kier molecular flexibility index (Phi) is 4.55. The third kappa shape index (κ3) is 3.60. The molecule has 1 heterocycles. The van der Waals surface area contributed by atoms with Crippen molar-refractivity contribution in [2.45, 2.75) is 19.8 Å². The summed E-state index contributed by atoms with van der Waals surface area (Å²) >= 11 is 0. The van der Waals surface area contributed by atoms with E-state index in [1.165, 1.54) is 31.5 Å². The van der Waals surface area contributed by atoms with Gasteiger partial charge >= 0.3 is 0 Å². The van der Waals surface area contributed by atoms with Gasteiger partial charge in [-0.05, 0) is 38.8 Å². The predicted molar refractivity (Wildman–Crippen MR) is 58.7 cm³/mol. The van der Waals surface area contributed by atoms with Gasteiger partial charge in [0.15, 0.2) is 0 Å². The summed E-state index contributed by atoms with van der Waals surface area (Å²) in [6, 6.07) is 0. The predicted octanol–water partition coefficient (Wildman–Crippen LogP) is 2.67. The molecule has 0 amide bonds. The molecule has 72 valence electrons. The second-order valence-corrected chi connectivity index (χ2v) is 3.52. The fourth-order valence-electron chi connectivity index (χ4n) is 1.70. The van der Waals surface area contributed by atoms with Crippen LogP contribution in [0.3, 0.4) is 0 Å². The Balaban J connectivity index is 2.39. The highest BCUT2D eigenvalue weighted by Gasteiger charge is 2.14. The molecule has 0 aromatic carbocycles. The largest absolute Gasteiger partial charge is 0.316 e. The standard InChI is InChI=1S/C12H19N/c1-3-5-6-11(4-2)9-12-7-8-13-10-12/h3-6,12-13H,1,7-10H2,2H3/b6-5-,11-4+. The van der Waals surface area contributed by atoms with Crippen molar-refractivity contribution in [3.8, 4) is 0 Å². The summed E-state index contributed by atoms with van der Waals surface area (Å²) in [5.41, 5.74) is 1.42. The van der Waals surface area contributed by atoms with Crippen molar-refractivity contribution in [3.63, 3.8) is 0 Å². The van der Waals surface area contributed by atoms with Crippen LogP contribution in [-0.4, -0.2) is 13.1 Å². The molecule has 1 aliphatic heterocycles. The van der Waals surface area contributed by atoms with Gasteiger partial charge in [0.2, 0.25) is 0 Å². The SMILES string of the molecule is C=C/C=C\C(=C/C)CC1CCNC1. The number of nitrogens with one attached hydrogen (secondary N) is 1. The number of hydrogen-bond donors (Lipinski definition) is 1. The monoisotopic (exact) mass is 177 g/mol. The van der Waals surface area contributed by atoms with Crippen LogP contribution in [0.5, 0.6) is 0 Å². The van der Waals surface area contributed by atoms with Gasteiger partial charge in [-0.15, -0.1) is 0 Å². The van der Waals surface area contributed by atoms with E-state index in [1.807, 2.05) is 12.2 Å². The maximum Gasteiger partial charge on any atom is -0.00169 e. The van der Waals surface area contributed by atoms with Gasteiger partial charge in [0.25, 0.3) is 0 Å². The van der Waals surface area contributed by atoms with Gasteiger partial charge in [-0.1, -0.05) is 36.5 Å². The zero-order chi connectivity index (χ0) is 9.52. The summed E-state index contributed by atoms with van der Waals surface area (Å²) < 4.78 is 0. The van der Waals surface area contributed by atoms with Crippen molar-refractivity contribution < 1.29 is 0 Å². The molecule has 0 aromatic heterocycles. The second-order valence-electron chi connectivity index (χ2n) is 3.52. The van der Waals surface area contributed by atoms with Gasteiger partial charge in [0.05, 0.1) is 0 Å². The van der Waals surface area contributed by atoms with Crippen LogP contribution >= 0.6 is 0 Å². The zero-order valence-electron chi connectivity index (χ0n) is 8.42. The molecule has 13 heavy (non-hydrogen) atoms. The summed E-state index contributed by atoms with van der Waals surface area (Å²) in [5, 5.41) is 3.39. The lowest BCUT2D eigenvalue weighted by Crippen LogP contribution is -2.09. The fourth-order valence-corrected chi connectivity index (χ4v) is 1.70. The molecule has 1 heteroatoms. The van der Waals surface area contributed by atoms with Gasteiger partial charge in [-0.2, -0.15) is 0 Å². The lowest BCUT2D eigenvalue weighted by Gasteiger charge is -2.07. The van der Waals surface area contributed by atoms with Crippen molar-refractivity contribution in [1.82, 2.24) is 5.32 Å². The van der Waals surface area contributed by atoms with Gasteiger partial charge in [-0.25, -0.2) is 0 Å². The Hall–Kier alpha value is -0.820. The average molecular weight is 177 g/mol. The number of hydrogen-bond acceptors (Lipinski definition) is 1. The molecule has 1 saturated heterocycles. The van der Waals surface area contributed by atoms with Crippen molar-refractivity contribution in [1.29, 1.82) is 0 Å². The topological polar surface area (TPSA) is 12.0 Å². The molecular weight excluding hydrogens is 158 g/mol. The van der Waals surface area contributed by atoms with E-state index in [9.17, 15) is 0 Å². The Bertz CT molecular complexity index is 207. The van der Waals surface area contributed by atoms with Crippen LogP contribution < -0.4 is 5.32 Å². The van der Waals surface area contributed by atoms with E-state index in [-0.39, 0.29) is 0 Å². The minimum absolute atomic E-state index is 0.834. The summed E-state index contributed by atoms with van der Waals surface area (Å²) in [4.78, 5) is 0. The minimum atomic E-state index is 0.834. The quantitative estimate of drug-likeness (QED) is 0.651. The lowest BCUT2D eigenvalue weighted by molar-refractivity contribution is 0.582. The Labute approximate surface area is 81.2 Å². The third-order valence-corrected chi connectivity index (χ3v) is 2.50. The molecule has 1 N–H and O–H groups in total. The van der Waals surface area contributed by atoms with Crippen LogP contribution in [0.25, 0.3) is 0 Å². The molecule has 1 rings (SSSR count). The van der Waals surface area contributed by atoms with E-state index < -0.39 is 0 Å². The molecule has 0 bridgehead atoms. The highest BCUT2D eigenvalue weighted by molar-refractivity contribution is 5.21. The van der Waals surface area contributed by atoms with Gasteiger partial charge in [-0.3, -0.25) is 0 Å². The van der Waals surface area contributed by atoms with Crippen LogP contribution in [0.1, 0.15) is 19.8 Å². The number of rotatable bonds is 4. The van der Waals surface area contributed by atoms with Crippen LogP contribution in [0.2, 0.25) is 0 Å². The van der Waals surface area contributed by atoms with Crippen molar-refractivity contribution >= 4 is 0 Å². The highest BCUT2D eigenvalue weighted by atomic mass is 14.9. The Morgan fingerprint density at radius 2 is 2.46 bits per heavy atom. The summed E-state index contributed by atoms with van der Waals surface area (Å²) in [6.07, 6.45) is 10.7. The molecule has 1 atom stereocenters. The molecular formula is C12H19N. The van der Waals surface area contributed by atoms with E-state index >= 15 is 0 Å². The average Bonchev–Trinajstić information content (AvgIpc) is 2.64. The summed E-state index contributed by atoms with van der Waals surface area (Å²) in [7, 11) is 0. The van der Waals surface area contributed by atoms with Gasteiger partial charge in [0.1, 0.15) is 0 Å². The van der Waals surface area contributed by atoms with E-state index in [1.54, 1.807) is 0 Å². The van der Waals surface area contributed by atoms with Crippen molar-refractivity contribution in [2.75, 3.05) is 13.1 Å². The highest BCUT2D eigenvalue weighted by Crippen LogP contribution is 2.18. The van der Waals surface area contributed by atoms with Gasteiger partial charge < -0.3 is 5.32 Å². The molecule has 1 aliphatic rings. The van der Waals surface area contributed by atoms with Crippen LogP contribution in [-0.2, 0) is 0 Å². The summed E-state index contributed by atoms with van der Waals surface area (Å²) in [6.45, 7) is 8.14. The van der Waals surface area contributed by atoms with Crippen molar-refractivity contribution in [3.05, 3.63) is 36.5 Å². The van der Waals surface area contributed by atoms with Gasteiger partial charge in [0, 0.05) is 0 Å². The third-order valence-electron chi connectivity index (χ3n) is 2.50. The second kappa shape index (κ2) is 5.76. The minimum Gasteiger partial charge on any atom is -0.316 e. The molecule has 1 nitrogen and oxygen atoms in total. The first kappa shape index (κ1) is 10.3. The first-order valence-electron chi connectivity index (χ1n) is 5.02. The summed E-state index contributed by atoms with van der Waals surface area (Å²) in [5.74, 6) is 0.834. The molecule has 1 unspecified atom stereocenters. The molecule has 0 aromatic rings. The number of allylic oxidation sites excluding steroid dienone is 5. The maximum atomic E-state index is 3.67. The maximum absolute atomic E-state index is 3.67. The Morgan fingerprint density at radius 3 is 3.00 bits per heavy atom. The first-order chi connectivity index (χ1) is 6.36. The first-order valence-corrected chi connectivity index (χ1v) is 5.02. The smallest absolute Gasteiger partial charge is 0.00169 e. The molecule has 0 radical (unpaired) electrons. The lowest BCUT2D eigenvalue weighted by atomic mass is 9.98. The van der Waals surface area contributed by atoms with Crippen LogP contribution in [0.15, 0.2) is 36.5 Å². The fraction of sp³-hybridized carbons (Fsp3) is 0.500.